The average molecular weight is 415 g/mol. The number of hydrogen-bond acceptors (Lipinski definition) is 2. The second-order valence-corrected chi connectivity index (χ2v) is 10.6. The van der Waals surface area contributed by atoms with E-state index in [1.807, 2.05) is 0 Å². The first kappa shape index (κ1) is 21.7. The molecule has 3 aliphatic heterocycles. The van der Waals surface area contributed by atoms with E-state index in [1.54, 1.807) is 0 Å². The molecule has 0 saturated carbocycles. The number of aryl methyl sites for hydroxylation is 1. The van der Waals surface area contributed by atoms with Gasteiger partial charge in [0.1, 0.15) is 0 Å². The van der Waals surface area contributed by atoms with Crippen molar-refractivity contribution in [1.29, 1.82) is 0 Å². The molecule has 0 N–H and O–H groups in total. The van der Waals surface area contributed by atoms with Crippen LogP contribution in [0.15, 0.2) is 66.6 Å². The van der Waals surface area contributed by atoms with Gasteiger partial charge in [-0.15, -0.1) is 0 Å². The lowest BCUT2D eigenvalue weighted by atomic mass is 9.75. The molecule has 3 aliphatic rings. The molecule has 164 valence electrons. The Bertz CT molecular complexity index is 1010. The number of rotatable bonds is 4. The molecule has 31 heavy (non-hydrogen) atoms. The zero-order valence-corrected chi connectivity index (χ0v) is 20.1. The van der Waals surface area contributed by atoms with Crippen LogP contribution in [0.4, 0.5) is 0 Å². The van der Waals surface area contributed by atoms with Crippen LogP contribution >= 0.6 is 0 Å². The van der Waals surface area contributed by atoms with Gasteiger partial charge in [-0.2, -0.15) is 0 Å². The molecule has 1 aromatic rings. The molecular formula is C29H38N2. The van der Waals surface area contributed by atoms with Gasteiger partial charge in [0.2, 0.25) is 0 Å². The van der Waals surface area contributed by atoms with Crippen molar-refractivity contribution in [1.82, 2.24) is 9.80 Å². The van der Waals surface area contributed by atoms with Crippen LogP contribution in [0.5, 0.6) is 0 Å². The Morgan fingerprint density at radius 3 is 2.48 bits per heavy atom. The largest absolute Gasteiger partial charge is 0.371 e. The molecule has 0 spiro atoms. The minimum atomic E-state index is 0.152. The van der Waals surface area contributed by atoms with Gasteiger partial charge >= 0.3 is 0 Å². The van der Waals surface area contributed by atoms with Gasteiger partial charge in [0.25, 0.3) is 0 Å². The highest BCUT2D eigenvalue weighted by Gasteiger charge is 2.38. The van der Waals surface area contributed by atoms with Gasteiger partial charge in [-0.3, -0.25) is 0 Å². The first-order valence-corrected chi connectivity index (χ1v) is 11.7. The topological polar surface area (TPSA) is 6.48 Å². The molecule has 0 bridgehead atoms. The lowest BCUT2D eigenvalue weighted by molar-refractivity contribution is 0.189. The summed E-state index contributed by atoms with van der Waals surface area (Å²) in [7, 11) is 0. The fraction of sp³-hybridized carbons (Fsp3) is 0.448. The van der Waals surface area contributed by atoms with Crippen molar-refractivity contribution in [2.24, 2.45) is 5.41 Å². The summed E-state index contributed by atoms with van der Waals surface area (Å²) >= 11 is 0. The monoisotopic (exact) mass is 414 g/mol. The summed E-state index contributed by atoms with van der Waals surface area (Å²) < 4.78 is 0. The first-order chi connectivity index (χ1) is 14.6. The SMILES string of the molecule is C=C(C)C1=CN2C(=CC1=C)c1cc(CC)c(CN3CCCC3=C)cc1CC2C(C)(C)C. The zero-order valence-electron chi connectivity index (χ0n) is 20.1. The van der Waals surface area contributed by atoms with Gasteiger partial charge < -0.3 is 9.80 Å². The van der Waals surface area contributed by atoms with Crippen LogP contribution < -0.4 is 0 Å². The van der Waals surface area contributed by atoms with Crippen molar-refractivity contribution in [2.45, 2.75) is 72.9 Å². The van der Waals surface area contributed by atoms with Gasteiger partial charge in [-0.25, -0.2) is 0 Å². The maximum Gasteiger partial charge on any atom is 0.0491 e. The maximum atomic E-state index is 4.36. The van der Waals surface area contributed by atoms with E-state index in [-0.39, 0.29) is 5.41 Å². The smallest absolute Gasteiger partial charge is 0.0491 e. The minimum Gasteiger partial charge on any atom is -0.371 e. The van der Waals surface area contributed by atoms with Crippen LogP contribution in [0.25, 0.3) is 5.70 Å². The Morgan fingerprint density at radius 1 is 1.16 bits per heavy atom. The van der Waals surface area contributed by atoms with Crippen LogP contribution in [-0.4, -0.2) is 22.4 Å². The molecule has 2 heteroatoms. The number of allylic oxidation sites excluding steroid dienone is 5. The molecule has 0 aromatic heterocycles. The normalized spacial score (nSPS) is 21.0. The van der Waals surface area contributed by atoms with Crippen molar-refractivity contribution in [2.75, 3.05) is 6.54 Å². The van der Waals surface area contributed by atoms with E-state index in [0.717, 1.165) is 43.5 Å². The Balaban J connectivity index is 1.81. The molecule has 1 atom stereocenters. The average Bonchev–Trinajstić information content (AvgIpc) is 3.10. The Labute approximate surface area is 189 Å². The third-order valence-corrected chi connectivity index (χ3v) is 7.20. The Morgan fingerprint density at radius 2 is 1.90 bits per heavy atom. The summed E-state index contributed by atoms with van der Waals surface area (Å²) in [6.45, 7) is 26.4. The molecule has 2 nitrogen and oxygen atoms in total. The van der Waals surface area contributed by atoms with E-state index in [2.05, 4.69) is 88.6 Å². The minimum absolute atomic E-state index is 0.152. The summed E-state index contributed by atoms with van der Waals surface area (Å²) in [6.07, 6.45) is 9.06. The van der Waals surface area contributed by atoms with Crippen LogP contribution in [0, 0.1) is 5.41 Å². The van der Waals surface area contributed by atoms with Crippen molar-refractivity contribution in [3.63, 3.8) is 0 Å². The van der Waals surface area contributed by atoms with Gasteiger partial charge in [-0.1, -0.05) is 53.5 Å². The Kier molecular flexibility index (Phi) is 5.54. The fourth-order valence-electron chi connectivity index (χ4n) is 5.31. The second kappa shape index (κ2) is 7.89. The zero-order chi connectivity index (χ0) is 22.5. The van der Waals surface area contributed by atoms with E-state index in [1.165, 1.54) is 45.6 Å². The highest BCUT2D eigenvalue weighted by atomic mass is 15.2. The molecule has 1 fully saturated rings. The van der Waals surface area contributed by atoms with Crippen molar-refractivity contribution < 1.29 is 0 Å². The highest BCUT2D eigenvalue weighted by Crippen LogP contribution is 2.44. The van der Waals surface area contributed by atoms with E-state index in [4.69, 9.17) is 0 Å². The van der Waals surface area contributed by atoms with Gasteiger partial charge in [0.05, 0.1) is 0 Å². The van der Waals surface area contributed by atoms with E-state index < -0.39 is 0 Å². The number of fused-ring (bicyclic) bond motifs is 3. The lowest BCUT2D eigenvalue weighted by Crippen LogP contribution is -2.45. The molecule has 0 amide bonds. The van der Waals surface area contributed by atoms with Gasteiger partial charge in [0.15, 0.2) is 0 Å². The molecule has 1 unspecified atom stereocenters. The number of nitrogens with zero attached hydrogens (tertiary/aromatic N) is 2. The third kappa shape index (κ3) is 3.93. The van der Waals surface area contributed by atoms with Crippen LogP contribution in [-0.2, 0) is 19.4 Å². The predicted octanol–water partition coefficient (Wildman–Crippen LogP) is 7.00. The van der Waals surface area contributed by atoms with Crippen molar-refractivity contribution >= 4 is 5.70 Å². The van der Waals surface area contributed by atoms with Crippen molar-refractivity contribution in [3.8, 4) is 0 Å². The lowest BCUT2D eigenvalue weighted by Gasteiger charge is -2.47. The summed E-state index contributed by atoms with van der Waals surface area (Å²) in [5.74, 6) is 0. The maximum absolute atomic E-state index is 4.36. The molecular weight excluding hydrogens is 376 g/mol. The van der Waals surface area contributed by atoms with E-state index in [9.17, 15) is 0 Å². The number of benzene rings is 1. The molecule has 1 saturated heterocycles. The molecule has 0 aliphatic carbocycles. The van der Waals surface area contributed by atoms with Gasteiger partial charge in [0, 0.05) is 42.3 Å². The summed E-state index contributed by atoms with van der Waals surface area (Å²) in [5, 5.41) is 0. The second-order valence-electron chi connectivity index (χ2n) is 10.6. The number of likely N-dealkylation sites (tertiary alicyclic amines) is 1. The summed E-state index contributed by atoms with van der Waals surface area (Å²) in [6, 6.07) is 5.35. The van der Waals surface area contributed by atoms with Crippen LogP contribution in [0.2, 0.25) is 0 Å². The molecule has 3 heterocycles. The fourth-order valence-corrected chi connectivity index (χ4v) is 5.31. The van der Waals surface area contributed by atoms with E-state index in [0.29, 0.717) is 6.04 Å². The quantitative estimate of drug-likeness (QED) is 0.523. The first-order valence-electron chi connectivity index (χ1n) is 11.7. The standard InChI is InChI=1S/C29H38N2/c1-9-22-15-25-23(14-24(22)17-30-12-10-11-21(30)5)16-28(29(6,7)8)31-18-26(19(2)3)20(4)13-27(25)31/h13-15,18,28H,2,4-5,9-12,16-17H2,1,3,6-8H3. The molecule has 0 radical (unpaired) electrons. The number of hydrogen-bond donors (Lipinski definition) is 0. The molecule has 1 aromatic carbocycles. The van der Waals surface area contributed by atoms with Crippen molar-refractivity contribution in [3.05, 3.63) is 88.8 Å². The summed E-state index contributed by atoms with van der Waals surface area (Å²) in [5.41, 5.74) is 11.8. The van der Waals surface area contributed by atoms with Crippen LogP contribution in [0.3, 0.4) is 0 Å². The molecule has 4 rings (SSSR count). The predicted molar refractivity (Wildman–Crippen MR) is 133 cm³/mol. The van der Waals surface area contributed by atoms with E-state index >= 15 is 0 Å². The highest BCUT2D eigenvalue weighted by molar-refractivity contribution is 5.77. The summed E-state index contributed by atoms with van der Waals surface area (Å²) in [4.78, 5) is 4.98. The Hall–Kier alpha value is -2.48. The van der Waals surface area contributed by atoms with Gasteiger partial charge in [-0.05, 0) is 83.6 Å². The van der Waals surface area contributed by atoms with Crippen LogP contribution in [0.1, 0.15) is 69.7 Å². The third-order valence-electron chi connectivity index (χ3n) is 7.20.